The van der Waals surface area contributed by atoms with Crippen LogP contribution in [-0.4, -0.2) is 22.5 Å². The standard InChI is InChI=1S/C24H26ClNO3S/c25-23-16-22(10-9-19(23)11-12-24(26,28)13-14-27)30-21-8-4-7-20(15-21)29-17-18-5-2-1-3-6-18/h1-10,15-16,27-28H,11-14,17,26H2. The molecule has 0 saturated carbocycles. The summed E-state index contributed by atoms with van der Waals surface area (Å²) in [6, 6.07) is 23.9. The van der Waals surface area contributed by atoms with Crippen molar-refractivity contribution < 1.29 is 14.9 Å². The Morgan fingerprint density at radius 2 is 1.70 bits per heavy atom. The first kappa shape index (κ1) is 22.7. The van der Waals surface area contributed by atoms with E-state index in [1.165, 1.54) is 0 Å². The first-order valence-electron chi connectivity index (χ1n) is 9.80. The van der Waals surface area contributed by atoms with Crippen LogP contribution in [0.15, 0.2) is 82.6 Å². The fraction of sp³-hybridized carbons (Fsp3) is 0.250. The summed E-state index contributed by atoms with van der Waals surface area (Å²) >= 11 is 8.05. The Hall–Kier alpha value is -2.02. The molecule has 0 amide bonds. The molecule has 3 aromatic rings. The predicted molar refractivity (Wildman–Crippen MR) is 122 cm³/mol. The lowest BCUT2D eigenvalue weighted by Crippen LogP contribution is -2.40. The largest absolute Gasteiger partial charge is 0.489 e. The molecule has 0 aromatic heterocycles. The van der Waals surface area contributed by atoms with E-state index in [4.69, 9.17) is 27.2 Å². The van der Waals surface area contributed by atoms with E-state index in [-0.39, 0.29) is 13.0 Å². The van der Waals surface area contributed by atoms with Crippen LogP contribution in [0.1, 0.15) is 24.0 Å². The van der Waals surface area contributed by atoms with E-state index in [2.05, 4.69) is 0 Å². The highest BCUT2D eigenvalue weighted by Gasteiger charge is 2.20. The molecule has 0 aliphatic heterocycles. The molecule has 0 bridgehead atoms. The zero-order chi connectivity index (χ0) is 21.4. The van der Waals surface area contributed by atoms with Crippen LogP contribution in [0, 0.1) is 0 Å². The average molecular weight is 444 g/mol. The van der Waals surface area contributed by atoms with Gasteiger partial charge in [0.15, 0.2) is 0 Å². The predicted octanol–water partition coefficient (Wildman–Crippen LogP) is 5.03. The summed E-state index contributed by atoms with van der Waals surface area (Å²) in [4.78, 5) is 2.07. The molecule has 0 fully saturated rings. The summed E-state index contributed by atoms with van der Waals surface area (Å²) < 4.78 is 5.90. The molecule has 0 aliphatic carbocycles. The molecule has 3 rings (SSSR count). The van der Waals surface area contributed by atoms with Crippen molar-refractivity contribution in [1.82, 2.24) is 0 Å². The number of benzene rings is 3. The molecule has 4 nitrogen and oxygen atoms in total. The van der Waals surface area contributed by atoms with Gasteiger partial charge >= 0.3 is 0 Å². The summed E-state index contributed by atoms with van der Waals surface area (Å²) in [5.41, 5.74) is 6.43. The Morgan fingerprint density at radius 1 is 0.933 bits per heavy atom. The average Bonchev–Trinajstić information content (AvgIpc) is 2.73. The van der Waals surface area contributed by atoms with E-state index in [0.29, 0.717) is 24.5 Å². The van der Waals surface area contributed by atoms with E-state index in [1.54, 1.807) is 11.8 Å². The van der Waals surface area contributed by atoms with E-state index < -0.39 is 5.72 Å². The molecule has 0 aliphatic rings. The quantitative estimate of drug-likeness (QED) is 0.383. The molecular weight excluding hydrogens is 418 g/mol. The second-order valence-electron chi connectivity index (χ2n) is 7.18. The lowest BCUT2D eigenvalue weighted by atomic mass is 10.0. The van der Waals surface area contributed by atoms with Crippen LogP contribution in [0.2, 0.25) is 5.02 Å². The number of hydrogen-bond acceptors (Lipinski definition) is 5. The van der Waals surface area contributed by atoms with Crippen molar-refractivity contribution in [3.63, 3.8) is 0 Å². The van der Waals surface area contributed by atoms with E-state index in [0.717, 1.165) is 26.7 Å². The Morgan fingerprint density at radius 3 is 2.43 bits per heavy atom. The molecule has 0 radical (unpaired) electrons. The van der Waals surface area contributed by atoms with Gasteiger partial charge < -0.3 is 20.7 Å². The van der Waals surface area contributed by atoms with Gasteiger partial charge in [-0.2, -0.15) is 0 Å². The second-order valence-corrected chi connectivity index (χ2v) is 8.74. The Balaban J connectivity index is 1.60. The van der Waals surface area contributed by atoms with Crippen LogP contribution in [-0.2, 0) is 13.0 Å². The second kappa shape index (κ2) is 10.8. The third-order valence-electron chi connectivity index (χ3n) is 4.69. The van der Waals surface area contributed by atoms with E-state index >= 15 is 0 Å². The van der Waals surface area contributed by atoms with Gasteiger partial charge in [-0.1, -0.05) is 65.8 Å². The molecule has 6 heteroatoms. The maximum atomic E-state index is 10.0. The molecule has 4 N–H and O–H groups in total. The first-order valence-corrected chi connectivity index (χ1v) is 11.0. The minimum absolute atomic E-state index is 0.140. The third-order valence-corrected chi connectivity index (χ3v) is 6.02. The molecule has 3 aromatic carbocycles. The summed E-state index contributed by atoms with van der Waals surface area (Å²) in [7, 11) is 0. The van der Waals surface area contributed by atoms with Crippen molar-refractivity contribution >= 4 is 23.4 Å². The van der Waals surface area contributed by atoms with Gasteiger partial charge in [0, 0.05) is 27.8 Å². The lowest BCUT2D eigenvalue weighted by Gasteiger charge is -2.22. The molecule has 158 valence electrons. The fourth-order valence-electron chi connectivity index (χ4n) is 2.97. The number of hydrogen-bond donors (Lipinski definition) is 3. The smallest absolute Gasteiger partial charge is 0.120 e. The molecule has 0 saturated heterocycles. The molecule has 1 atom stereocenters. The van der Waals surface area contributed by atoms with E-state index in [1.807, 2.05) is 72.8 Å². The lowest BCUT2D eigenvalue weighted by molar-refractivity contribution is 0.0141. The number of halogens is 1. The molecule has 0 spiro atoms. The summed E-state index contributed by atoms with van der Waals surface area (Å²) in [6.07, 6.45) is 1.02. The monoisotopic (exact) mass is 443 g/mol. The number of aliphatic hydroxyl groups excluding tert-OH is 1. The minimum Gasteiger partial charge on any atom is -0.489 e. The third kappa shape index (κ3) is 7.04. The first-order chi connectivity index (χ1) is 14.4. The zero-order valence-corrected chi connectivity index (χ0v) is 18.2. The van der Waals surface area contributed by atoms with Gasteiger partial charge in [-0.05, 0) is 54.3 Å². The summed E-state index contributed by atoms with van der Waals surface area (Å²) in [5.74, 6) is 0.817. The topological polar surface area (TPSA) is 75.7 Å². The molecule has 1 unspecified atom stereocenters. The van der Waals surface area contributed by atoms with Gasteiger partial charge in [0.2, 0.25) is 0 Å². The normalized spacial score (nSPS) is 13.1. The highest BCUT2D eigenvalue weighted by atomic mass is 35.5. The van der Waals surface area contributed by atoms with Crippen LogP contribution in [0.4, 0.5) is 0 Å². The SMILES string of the molecule is NC(O)(CCO)CCc1ccc(Sc2cccc(OCc3ccccc3)c2)cc1Cl. The maximum Gasteiger partial charge on any atom is 0.120 e. The highest BCUT2D eigenvalue weighted by Crippen LogP contribution is 2.33. The van der Waals surface area contributed by atoms with Gasteiger partial charge in [-0.3, -0.25) is 0 Å². The van der Waals surface area contributed by atoms with Crippen molar-refractivity contribution in [1.29, 1.82) is 0 Å². The number of rotatable bonds is 10. The molecular formula is C24H26ClNO3S. The zero-order valence-electron chi connectivity index (χ0n) is 16.6. The van der Waals surface area contributed by atoms with Crippen molar-refractivity contribution in [3.05, 3.63) is 88.9 Å². The Labute approximate surface area is 186 Å². The van der Waals surface area contributed by atoms with E-state index in [9.17, 15) is 5.11 Å². The summed E-state index contributed by atoms with van der Waals surface area (Å²) in [6.45, 7) is 0.379. The number of ether oxygens (including phenoxy) is 1. The van der Waals surface area contributed by atoms with Gasteiger partial charge in [-0.15, -0.1) is 0 Å². The Kier molecular flexibility index (Phi) is 8.19. The van der Waals surface area contributed by atoms with Crippen molar-refractivity contribution in [2.45, 2.75) is 41.4 Å². The van der Waals surface area contributed by atoms with Gasteiger partial charge in [0.05, 0.1) is 0 Å². The number of aryl methyl sites for hydroxylation is 1. The fourth-order valence-corrected chi connectivity index (χ4v) is 4.21. The highest BCUT2D eigenvalue weighted by molar-refractivity contribution is 7.99. The van der Waals surface area contributed by atoms with Crippen LogP contribution in [0.5, 0.6) is 5.75 Å². The summed E-state index contributed by atoms with van der Waals surface area (Å²) in [5, 5.41) is 19.6. The number of aliphatic hydroxyl groups is 2. The van der Waals surface area contributed by atoms with Crippen LogP contribution >= 0.6 is 23.4 Å². The van der Waals surface area contributed by atoms with Crippen molar-refractivity contribution in [2.75, 3.05) is 6.61 Å². The molecule has 30 heavy (non-hydrogen) atoms. The van der Waals surface area contributed by atoms with Crippen molar-refractivity contribution in [3.8, 4) is 5.75 Å². The van der Waals surface area contributed by atoms with Crippen molar-refractivity contribution in [2.24, 2.45) is 5.73 Å². The van der Waals surface area contributed by atoms with Gasteiger partial charge in [-0.25, -0.2) is 0 Å². The maximum absolute atomic E-state index is 10.0. The van der Waals surface area contributed by atoms with Crippen LogP contribution < -0.4 is 10.5 Å². The van der Waals surface area contributed by atoms with Gasteiger partial charge in [0.1, 0.15) is 18.1 Å². The molecule has 0 heterocycles. The van der Waals surface area contributed by atoms with Crippen LogP contribution in [0.3, 0.4) is 0 Å². The minimum atomic E-state index is -1.38. The van der Waals surface area contributed by atoms with Gasteiger partial charge in [0.25, 0.3) is 0 Å². The number of nitrogens with two attached hydrogens (primary N) is 1. The van der Waals surface area contributed by atoms with Crippen LogP contribution in [0.25, 0.3) is 0 Å². The Bertz CT molecular complexity index is 950.